The fraction of sp³-hybridized carbons (Fsp3) is 0.333. The summed E-state index contributed by atoms with van der Waals surface area (Å²) in [4.78, 5) is 26.9. The number of benzene rings is 2. The van der Waals surface area contributed by atoms with Gasteiger partial charge in [-0.05, 0) is 37.6 Å². The van der Waals surface area contributed by atoms with Gasteiger partial charge in [-0.15, -0.1) is 0 Å². The Morgan fingerprint density at radius 1 is 1.03 bits per heavy atom. The van der Waals surface area contributed by atoms with Gasteiger partial charge in [-0.25, -0.2) is 0 Å². The normalized spacial score (nSPS) is 11.6. The zero-order valence-electron chi connectivity index (χ0n) is 16.3. The van der Waals surface area contributed by atoms with E-state index in [1.165, 1.54) is 4.90 Å². The van der Waals surface area contributed by atoms with Crippen LogP contribution in [0.1, 0.15) is 25.8 Å². The SMILES string of the molecule is CCCNC(=O)[C@@H](C)N(Cc1c(Cl)cccc1Cl)C(=O)COc1ccccc1Cl. The van der Waals surface area contributed by atoms with Crippen LogP contribution in [-0.2, 0) is 16.1 Å². The minimum absolute atomic E-state index is 0.0733. The van der Waals surface area contributed by atoms with Crippen LogP contribution in [0.5, 0.6) is 5.75 Å². The predicted molar refractivity (Wildman–Crippen MR) is 117 cm³/mol. The van der Waals surface area contributed by atoms with Crippen molar-refractivity contribution in [2.24, 2.45) is 0 Å². The van der Waals surface area contributed by atoms with Gasteiger partial charge >= 0.3 is 0 Å². The van der Waals surface area contributed by atoms with E-state index in [9.17, 15) is 9.59 Å². The molecule has 156 valence electrons. The summed E-state index contributed by atoms with van der Waals surface area (Å²) < 4.78 is 5.57. The monoisotopic (exact) mass is 456 g/mol. The molecule has 0 aliphatic carbocycles. The van der Waals surface area contributed by atoms with Crippen LogP contribution in [0.15, 0.2) is 42.5 Å². The third kappa shape index (κ3) is 6.53. The first kappa shape index (κ1) is 23.3. The van der Waals surface area contributed by atoms with Gasteiger partial charge < -0.3 is 15.0 Å². The Kier molecular flexibility index (Phi) is 9.08. The van der Waals surface area contributed by atoms with Gasteiger partial charge in [0.15, 0.2) is 6.61 Å². The molecule has 0 saturated carbocycles. The summed E-state index contributed by atoms with van der Waals surface area (Å²) in [6.45, 7) is 3.92. The van der Waals surface area contributed by atoms with E-state index in [1.807, 2.05) is 6.92 Å². The highest BCUT2D eigenvalue weighted by atomic mass is 35.5. The number of carbonyl (C=O) groups excluding carboxylic acids is 2. The van der Waals surface area contributed by atoms with Crippen molar-refractivity contribution in [2.75, 3.05) is 13.2 Å². The summed E-state index contributed by atoms with van der Waals surface area (Å²) >= 11 is 18.6. The maximum Gasteiger partial charge on any atom is 0.261 e. The molecule has 0 fully saturated rings. The number of ether oxygens (including phenoxy) is 1. The lowest BCUT2D eigenvalue weighted by atomic mass is 10.1. The van der Waals surface area contributed by atoms with Gasteiger partial charge in [-0.3, -0.25) is 9.59 Å². The Morgan fingerprint density at radius 3 is 2.28 bits per heavy atom. The molecule has 0 saturated heterocycles. The third-order valence-electron chi connectivity index (χ3n) is 4.29. The van der Waals surface area contributed by atoms with Crippen LogP contribution in [-0.4, -0.2) is 35.9 Å². The number of hydrogen-bond donors (Lipinski definition) is 1. The molecule has 2 aromatic carbocycles. The third-order valence-corrected chi connectivity index (χ3v) is 5.31. The van der Waals surface area contributed by atoms with Crippen molar-refractivity contribution >= 4 is 46.6 Å². The predicted octanol–water partition coefficient (Wildman–Crippen LogP) is 4.97. The largest absolute Gasteiger partial charge is 0.482 e. The highest BCUT2D eigenvalue weighted by Crippen LogP contribution is 2.27. The van der Waals surface area contributed by atoms with E-state index in [0.29, 0.717) is 32.9 Å². The van der Waals surface area contributed by atoms with Crippen molar-refractivity contribution in [2.45, 2.75) is 32.9 Å². The molecule has 1 N–H and O–H groups in total. The van der Waals surface area contributed by atoms with Gasteiger partial charge in [-0.2, -0.15) is 0 Å². The molecule has 29 heavy (non-hydrogen) atoms. The van der Waals surface area contributed by atoms with Crippen molar-refractivity contribution in [3.63, 3.8) is 0 Å². The van der Waals surface area contributed by atoms with Crippen LogP contribution in [0.4, 0.5) is 0 Å². The smallest absolute Gasteiger partial charge is 0.261 e. The average molecular weight is 458 g/mol. The lowest BCUT2D eigenvalue weighted by Gasteiger charge is -2.29. The van der Waals surface area contributed by atoms with Gasteiger partial charge in [0.2, 0.25) is 5.91 Å². The minimum Gasteiger partial charge on any atom is -0.482 e. The molecule has 0 unspecified atom stereocenters. The van der Waals surface area contributed by atoms with Gasteiger partial charge in [-0.1, -0.05) is 59.9 Å². The van der Waals surface area contributed by atoms with Crippen LogP contribution < -0.4 is 10.1 Å². The van der Waals surface area contributed by atoms with Gasteiger partial charge in [0.25, 0.3) is 5.91 Å². The molecular weight excluding hydrogens is 435 g/mol. The van der Waals surface area contributed by atoms with Crippen molar-refractivity contribution < 1.29 is 14.3 Å². The number of nitrogens with one attached hydrogen (secondary N) is 1. The Morgan fingerprint density at radius 2 is 1.66 bits per heavy atom. The average Bonchev–Trinajstić information content (AvgIpc) is 2.70. The number of amides is 2. The molecule has 2 rings (SSSR count). The molecule has 0 radical (unpaired) electrons. The zero-order valence-corrected chi connectivity index (χ0v) is 18.5. The summed E-state index contributed by atoms with van der Waals surface area (Å²) in [5.74, 6) is -0.262. The van der Waals surface area contributed by atoms with E-state index in [-0.39, 0.29) is 25.0 Å². The van der Waals surface area contributed by atoms with Crippen molar-refractivity contribution in [3.05, 3.63) is 63.1 Å². The van der Waals surface area contributed by atoms with E-state index >= 15 is 0 Å². The molecule has 0 aliphatic rings. The first-order chi connectivity index (χ1) is 13.8. The van der Waals surface area contributed by atoms with Gasteiger partial charge in [0, 0.05) is 28.7 Å². The number of hydrogen-bond acceptors (Lipinski definition) is 3. The van der Waals surface area contributed by atoms with Crippen LogP contribution in [0.3, 0.4) is 0 Å². The van der Waals surface area contributed by atoms with E-state index in [0.717, 1.165) is 6.42 Å². The summed E-state index contributed by atoms with van der Waals surface area (Å²) in [6, 6.07) is 11.2. The first-order valence-corrected chi connectivity index (χ1v) is 10.4. The fourth-order valence-electron chi connectivity index (χ4n) is 2.62. The maximum atomic E-state index is 13.0. The van der Waals surface area contributed by atoms with Crippen molar-refractivity contribution in [1.29, 1.82) is 0 Å². The van der Waals surface area contributed by atoms with Crippen LogP contribution in [0.2, 0.25) is 15.1 Å². The number of para-hydroxylation sites is 1. The minimum atomic E-state index is -0.740. The zero-order chi connectivity index (χ0) is 21.4. The summed E-state index contributed by atoms with van der Waals surface area (Å²) in [6.07, 6.45) is 0.790. The standard InChI is InChI=1S/C21H23Cl3N2O3/c1-3-11-25-21(28)14(2)26(12-15-16(22)8-6-9-17(15)23)20(27)13-29-19-10-5-4-7-18(19)24/h4-10,14H,3,11-13H2,1-2H3,(H,25,28)/t14-/m1/s1. The second kappa shape index (κ2) is 11.3. The van der Waals surface area contributed by atoms with Crippen LogP contribution in [0.25, 0.3) is 0 Å². The molecule has 8 heteroatoms. The number of nitrogens with zero attached hydrogens (tertiary/aromatic N) is 1. The summed E-state index contributed by atoms with van der Waals surface area (Å²) in [5, 5.41) is 4.04. The quantitative estimate of drug-likeness (QED) is 0.578. The van der Waals surface area contributed by atoms with E-state index in [4.69, 9.17) is 39.5 Å². The molecule has 2 amide bonds. The Bertz CT molecular complexity index is 841. The highest BCUT2D eigenvalue weighted by molar-refractivity contribution is 6.36. The molecule has 0 bridgehead atoms. The van der Waals surface area contributed by atoms with Crippen molar-refractivity contribution in [1.82, 2.24) is 10.2 Å². The number of halogens is 3. The van der Waals surface area contributed by atoms with E-state index < -0.39 is 6.04 Å². The summed E-state index contributed by atoms with van der Waals surface area (Å²) in [5.41, 5.74) is 0.567. The Labute approximate surface area is 185 Å². The van der Waals surface area contributed by atoms with E-state index in [1.54, 1.807) is 49.4 Å². The topological polar surface area (TPSA) is 58.6 Å². The second-order valence-electron chi connectivity index (χ2n) is 6.41. The second-order valence-corrected chi connectivity index (χ2v) is 7.63. The van der Waals surface area contributed by atoms with E-state index in [2.05, 4.69) is 5.32 Å². The number of carbonyl (C=O) groups is 2. The molecular formula is C21H23Cl3N2O3. The van der Waals surface area contributed by atoms with Crippen LogP contribution >= 0.6 is 34.8 Å². The lowest BCUT2D eigenvalue weighted by molar-refractivity contribution is -0.142. The maximum absolute atomic E-state index is 13.0. The summed E-state index contributed by atoms with van der Waals surface area (Å²) in [7, 11) is 0. The Balaban J connectivity index is 2.22. The van der Waals surface area contributed by atoms with Gasteiger partial charge in [0.1, 0.15) is 11.8 Å². The molecule has 0 heterocycles. The van der Waals surface area contributed by atoms with Crippen molar-refractivity contribution in [3.8, 4) is 5.75 Å². The van der Waals surface area contributed by atoms with Crippen LogP contribution in [0, 0.1) is 0 Å². The number of rotatable bonds is 9. The highest BCUT2D eigenvalue weighted by Gasteiger charge is 2.27. The lowest BCUT2D eigenvalue weighted by Crippen LogP contribution is -2.49. The fourth-order valence-corrected chi connectivity index (χ4v) is 3.32. The molecule has 2 aromatic rings. The molecule has 1 atom stereocenters. The molecule has 0 spiro atoms. The molecule has 5 nitrogen and oxygen atoms in total. The van der Waals surface area contributed by atoms with Gasteiger partial charge in [0.05, 0.1) is 5.02 Å². The first-order valence-electron chi connectivity index (χ1n) is 9.22. The Hall–Kier alpha value is -1.95. The molecule has 0 aliphatic heterocycles. The molecule has 0 aromatic heterocycles.